The number of amides is 3. The maximum Gasteiger partial charge on any atom is 0.317 e. The van der Waals surface area contributed by atoms with Crippen LogP contribution in [-0.4, -0.2) is 50.6 Å². The van der Waals surface area contributed by atoms with Crippen LogP contribution >= 0.6 is 0 Å². The van der Waals surface area contributed by atoms with Crippen molar-refractivity contribution in [2.24, 2.45) is 0 Å². The van der Waals surface area contributed by atoms with E-state index in [1.54, 1.807) is 30.1 Å². The number of nitrogens with one attached hydrogen (secondary N) is 2. The summed E-state index contributed by atoms with van der Waals surface area (Å²) in [6, 6.07) is 16.1. The molecule has 0 unspecified atom stereocenters. The molecule has 0 aliphatic rings. The van der Waals surface area contributed by atoms with Gasteiger partial charge in [0, 0.05) is 46.7 Å². The van der Waals surface area contributed by atoms with E-state index in [1.165, 1.54) is 6.07 Å². The lowest BCUT2D eigenvalue weighted by Gasteiger charge is -2.20. The van der Waals surface area contributed by atoms with Gasteiger partial charge in [-0.1, -0.05) is 42.5 Å². The molecule has 2 N–H and O–H groups in total. The van der Waals surface area contributed by atoms with Gasteiger partial charge in [-0.25, -0.2) is 9.18 Å². The number of hydrogen-bond donors (Lipinski definition) is 2. The SMILES string of the molecule is CN(Cc1ccccc1)C(=O)NCCC(=O)NCCCN(C)c1ccccc1F. The van der Waals surface area contributed by atoms with Crippen LogP contribution in [0.4, 0.5) is 14.9 Å². The zero-order valence-corrected chi connectivity index (χ0v) is 17.0. The fourth-order valence-corrected chi connectivity index (χ4v) is 2.86. The van der Waals surface area contributed by atoms with Crippen LogP contribution < -0.4 is 15.5 Å². The Morgan fingerprint density at radius 3 is 2.34 bits per heavy atom. The second-order valence-corrected chi connectivity index (χ2v) is 6.90. The number of carbonyl (C=O) groups excluding carboxylic acids is 2. The van der Waals surface area contributed by atoms with Crippen molar-refractivity contribution in [3.63, 3.8) is 0 Å². The highest BCUT2D eigenvalue weighted by molar-refractivity contribution is 5.78. The van der Waals surface area contributed by atoms with E-state index in [-0.39, 0.29) is 30.7 Å². The lowest BCUT2D eigenvalue weighted by Crippen LogP contribution is -2.39. The second-order valence-electron chi connectivity index (χ2n) is 6.90. The highest BCUT2D eigenvalue weighted by atomic mass is 19.1. The number of para-hydroxylation sites is 1. The van der Waals surface area contributed by atoms with Crippen molar-refractivity contribution in [1.29, 1.82) is 0 Å². The number of carbonyl (C=O) groups is 2. The summed E-state index contributed by atoms with van der Waals surface area (Å²) in [6.07, 6.45) is 0.914. The molecule has 7 heteroatoms. The van der Waals surface area contributed by atoms with E-state index in [2.05, 4.69) is 10.6 Å². The number of hydrogen-bond acceptors (Lipinski definition) is 3. The Morgan fingerprint density at radius 2 is 1.62 bits per heavy atom. The number of nitrogens with zero attached hydrogens (tertiary/aromatic N) is 2. The third kappa shape index (κ3) is 7.81. The van der Waals surface area contributed by atoms with Crippen LogP contribution in [0.5, 0.6) is 0 Å². The van der Waals surface area contributed by atoms with Crippen LogP contribution in [0.1, 0.15) is 18.4 Å². The topological polar surface area (TPSA) is 64.7 Å². The number of rotatable bonds is 10. The molecule has 0 radical (unpaired) electrons. The Kier molecular flexibility index (Phi) is 8.95. The van der Waals surface area contributed by atoms with Gasteiger partial charge in [-0.3, -0.25) is 4.79 Å². The molecule has 3 amide bonds. The van der Waals surface area contributed by atoms with Gasteiger partial charge in [-0.05, 0) is 24.1 Å². The average molecular weight is 400 g/mol. The first-order chi connectivity index (χ1) is 14.0. The molecule has 156 valence electrons. The summed E-state index contributed by atoms with van der Waals surface area (Å²) >= 11 is 0. The largest absolute Gasteiger partial charge is 0.372 e. The van der Waals surface area contributed by atoms with Crippen molar-refractivity contribution in [1.82, 2.24) is 15.5 Å². The molecule has 6 nitrogen and oxygen atoms in total. The molecule has 0 heterocycles. The number of urea groups is 1. The minimum absolute atomic E-state index is 0.121. The van der Waals surface area contributed by atoms with Crippen molar-refractivity contribution in [2.45, 2.75) is 19.4 Å². The van der Waals surface area contributed by atoms with Gasteiger partial charge in [-0.15, -0.1) is 0 Å². The smallest absolute Gasteiger partial charge is 0.317 e. The first kappa shape index (κ1) is 22.2. The predicted octanol–water partition coefficient (Wildman–Crippen LogP) is 3.00. The van der Waals surface area contributed by atoms with Crippen molar-refractivity contribution >= 4 is 17.6 Å². The van der Waals surface area contributed by atoms with E-state index in [9.17, 15) is 14.0 Å². The van der Waals surface area contributed by atoms with Crippen molar-refractivity contribution in [3.8, 4) is 0 Å². The van der Waals surface area contributed by atoms with E-state index in [0.29, 0.717) is 31.7 Å². The molecule has 0 atom stereocenters. The first-order valence-electron chi connectivity index (χ1n) is 9.72. The Bertz CT molecular complexity index is 785. The molecule has 0 fully saturated rings. The summed E-state index contributed by atoms with van der Waals surface area (Å²) in [5, 5.41) is 5.57. The molecule has 0 bridgehead atoms. The molecular formula is C22H29FN4O2. The van der Waals surface area contributed by atoms with Crippen LogP contribution in [0, 0.1) is 5.82 Å². The Labute approximate surface area is 171 Å². The van der Waals surface area contributed by atoms with Gasteiger partial charge in [0.1, 0.15) is 5.82 Å². The van der Waals surface area contributed by atoms with Gasteiger partial charge in [-0.2, -0.15) is 0 Å². The predicted molar refractivity (Wildman–Crippen MR) is 113 cm³/mol. The lowest BCUT2D eigenvalue weighted by atomic mass is 10.2. The van der Waals surface area contributed by atoms with Crippen LogP contribution in [0.2, 0.25) is 0 Å². The number of halogens is 1. The normalized spacial score (nSPS) is 10.3. The molecule has 0 aliphatic heterocycles. The molecule has 0 aliphatic carbocycles. The first-order valence-corrected chi connectivity index (χ1v) is 9.72. The van der Waals surface area contributed by atoms with Gasteiger partial charge < -0.3 is 20.4 Å². The molecule has 2 rings (SSSR count). The Hall–Kier alpha value is -3.09. The molecule has 29 heavy (non-hydrogen) atoms. The van der Waals surface area contributed by atoms with Gasteiger partial charge in [0.25, 0.3) is 0 Å². The highest BCUT2D eigenvalue weighted by Crippen LogP contribution is 2.16. The summed E-state index contributed by atoms with van der Waals surface area (Å²) in [5.74, 6) is -0.378. The zero-order chi connectivity index (χ0) is 21.1. The summed E-state index contributed by atoms with van der Waals surface area (Å²) in [6.45, 7) is 1.91. The minimum atomic E-state index is -0.257. The quantitative estimate of drug-likeness (QED) is 0.603. The van der Waals surface area contributed by atoms with Crippen LogP contribution in [0.15, 0.2) is 54.6 Å². The maximum atomic E-state index is 13.7. The number of anilines is 1. The minimum Gasteiger partial charge on any atom is -0.372 e. The third-order valence-corrected chi connectivity index (χ3v) is 4.49. The molecule has 2 aromatic carbocycles. The van der Waals surface area contributed by atoms with Gasteiger partial charge in [0.2, 0.25) is 5.91 Å². The maximum absolute atomic E-state index is 13.7. The van der Waals surface area contributed by atoms with E-state index < -0.39 is 0 Å². The standard InChI is InChI=1S/C22H29FN4O2/c1-26(20-12-7-6-11-19(20)23)16-8-14-24-21(28)13-15-25-22(29)27(2)17-18-9-4-3-5-10-18/h3-7,9-12H,8,13-17H2,1-2H3,(H,24,28)(H,25,29). The molecule has 0 aromatic heterocycles. The summed E-state index contributed by atoms with van der Waals surface area (Å²) in [4.78, 5) is 27.4. The van der Waals surface area contributed by atoms with E-state index in [4.69, 9.17) is 0 Å². The fraction of sp³-hybridized carbons (Fsp3) is 0.364. The molecule has 2 aromatic rings. The van der Waals surface area contributed by atoms with Gasteiger partial charge in [0.15, 0.2) is 0 Å². The Balaban J connectivity index is 1.57. The van der Waals surface area contributed by atoms with E-state index in [1.807, 2.05) is 42.3 Å². The van der Waals surface area contributed by atoms with Crippen LogP contribution in [0.25, 0.3) is 0 Å². The van der Waals surface area contributed by atoms with Gasteiger partial charge >= 0.3 is 6.03 Å². The third-order valence-electron chi connectivity index (χ3n) is 4.49. The van der Waals surface area contributed by atoms with Crippen molar-refractivity contribution in [2.75, 3.05) is 38.6 Å². The average Bonchev–Trinajstić information content (AvgIpc) is 2.72. The number of benzene rings is 2. The molecule has 0 spiro atoms. The second kappa shape index (κ2) is 11.7. The lowest BCUT2D eigenvalue weighted by molar-refractivity contribution is -0.120. The Morgan fingerprint density at radius 1 is 0.931 bits per heavy atom. The summed E-state index contributed by atoms with van der Waals surface area (Å²) in [5.41, 5.74) is 1.59. The van der Waals surface area contributed by atoms with Crippen LogP contribution in [0.3, 0.4) is 0 Å². The van der Waals surface area contributed by atoms with Crippen molar-refractivity contribution in [3.05, 3.63) is 66.0 Å². The highest BCUT2D eigenvalue weighted by Gasteiger charge is 2.10. The molecule has 0 saturated heterocycles. The molecular weight excluding hydrogens is 371 g/mol. The monoisotopic (exact) mass is 400 g/mol. The van der Waals surface area contributed by atoms with Crippen LogP contribution in [-0.2, 0) is 11.3 Å². The van der Waals surface area contributed by atoms with Crippen molar-refractivity contribution < 1.29 is 14.0 Å². The van der Waals surface area contributed by atoms with E-state index >= 15 is 0 Å². The summed E-state index contributed by atoms with van der Waals surface area (Å²) < 4.78 is 13.7. The fourth-order valence-electron chi connectivity index (χ4n) is 2.86. The molecule has 0 saturated carbocycles. The summed E-state index contributed by atoms with van der Waals surface area (Å²) in [7, 11) is 3.54. The zero-order valence-electron chi connectivity index (χ0n) is 17.0. The van der Waals surface area contributed by atoms with E-state index in [0.717, 1.165) is 5.56 Å². The van der Waals surface area contributed by atoms with Gasteiger partial charge in [0.05, 0.1) is 5.69 Å².